The molecule has 2 aliphatic heterocycles. The number of hydrogen-bond donors (Lipinski definition) is 1. The van der Waals surface area contributed by atoms with Gasteiger partial charge < -0.3 is 19.4 Å². The first-order valence-electron chi connectivity index (χ1n) is 14.9. The zero-order valence-electron chi connectivity index (χ0n) is 26.7. The molecule has 2 aliphatic rings. The molecule has 1 fully saturated rings. The van der Waals surface area contributed by atoms with Gasteiger partial charge in [-0.2, -0.15) is 0 Å². The van der Waals surface area contributed by atoms with Gasteiger partial charge in [-0.1, -0.05) is 52.8 Å². The van der Waals surface area contributed by atoms with Gasteiger partial charge in [0.1, 0.15) is 18.1 Å². The molecule has 230 valence electrons. The number of anilines is 1. The van der Waals surface area contributed by atoms with Crippen molar-refractivity contribution < 1.29 is 13.9 Å². The van der Waals surface area contributed by atoms with E-state index in [1.165, 1.54) is 13.0 Å². The number of allylic oxidation sites excluding steroid dienone is 4. The van der Waals surface area contributed by atoms with Gasteiger partial charge in [-0.25, -0.2) is 9.40 Å². The molecule has 0 aromatic heterocycles. The number of nitrogens with one attached hydrogen (secondary N) is 1. The summed E-state index contributed by atoms with van der Waals surface area (Å²) in [6.07, 6.45) is 16.2. The first-order chi connectivity index (χ1) is 20.0. The van der Waals surface area contributed by atoms with Crippen LogP contribution in [-0.2, 0) is 4.74 Å². The molecule has 0 bridgehead atoms. The predicted octanol–water partition coefficient (Wildman–Crippen LogP) is 7.98. The molecule has 0 amide bonds. The summed E-state index contributed by atoms with van der Waals surface area (Å²) in [7, 11) is 1.69. The standard InChI is InChI=1S/C22H31N5O2.C7H11F.2C2H6/c1-18-8-11-26(17-24-18)21-7-6-19(15-22(21)28-3)14-20-16-27(12-13-29-20)25-10-5-4-9-23-2;1-3-4-5-6-7(2)8;2*1-2/h6-8,11,14-15,17-18,25H,2,4-5,9-10,12-13,16H2,1,3H3;4-6H,3H2,1-2H3;2*1-2H3/b20-14-;5-4-,7-6+;;. The molecule has 1 N–H and O–H groups in total. The Morgan fingerprint density at radius 1 is 1.27 bits per heavy atom. The van der Waals surface area contributed by atoms with E-state index in [-0.39, 0.29) is 11.9 Å². The zero-order valence-corrected chi connectivity index (χ0v) is 26.7. The van der Waals surface area contributed by atoms with E-state index in [1.54, 1.807) is 13.2 Å². The van der Waals surface area contributed by atoms with Crippen LogP contribution in [0.3, 0.4) is 0 Å². The highest BCUT2D eigenvalue weighted by molar-refractivity contribution is 5.86. The van der Waals surface area contributed by atoms with Crippen molar-refractivity contribution in [2.45, 2.75) is 73.8 Å². The van der Waals surface area contributed by atoms with E-state index in [4.69, 9.17) is 9.47 Å². The second-order valence-corrected chi connectivity index (χ2v) is 8.72. The van der Waals surface area contributed by atoms with Crippen LogP contribution in [0.4, 0.5) is 10.1 Å². The summed E-state index contributed by atoms with van der Waals surface area (Å²) in [5.74, 6) is 1.60. The molecule has 8 heteroatoms. The lowest BCUT2D eigenvalue weighted by atomic mass is 10.1. The van der Waals surface area contributed by atoms with Crippen molar-refractivity contribution in [1.82, 2.24) is 10.4 Å². The molecule has 1 unspecified atom stereocenters. The van der Waals surface area contributed by atoms with E-state index in [1.807, 2.05) is 70.3 Å². The highest BCUT2D eigenvalue weighted by Gasteiger charge is 2.16. The maximum Gasteiger partial charge on any atom is 0.143 e. The minimum absolute atomic E-state index is 0.144. The summed E-state index contributed by atoms with van der Waals surface area (Å²) < 4.78 is 23.3. The lowest BCUT2D eigenvalue weighted by molar-refractivity contribution is 0.0627. The average molecular weight is 572 g/mol. The summed E-state index contributed by atoms with van der Waals surface area (Å²) in [5, 5.41) is 2.21. The van der Waals surface area contributed by atoms with Crippen molar-refractivity contribution in [3.63, 3.8) is 0 Å². The lowest BCUT2D eigenvalue weighted by Gasteiger charge is -2.29. The Morgan fingerprint density at radius 2 is 2.02 bits per heavy atom. The third-order valence-electron chi connectivity index (χ3n) is 5.53. The number of hydrazine groups is 1. The molecule has 7 nitrogen and oxygen atoms in total. The number of methoxy groups -OCH3 is 1. The first-order valence-corrected chi connectivity index (χ1v) is 14.9. The molecule has 0 aliphatic carbocycles. The molecule has 1 atom stereocenters. The van der Waals surface area contributed by atoms with Crippen molar-refractivity contribution in [2.24, 2.45) is 9.98 Å². The summed E-state index contributed by atoms with van der Waals surface area (Å²) in [4.78, 5) is 10.3. The highest BCUT2D eigenvalue weighted by atomic mass is 19.1. The van der Waals surface area contributed by atoms with Gasteiger partial charge in [0.25, 0.3) is 0 Å². The first kappa shape index (κ1) is 37.8. The minimum atomic E-state index is -0.144. The number of hydrogen-bond acceptors (Lipinski definition) is 7. The van der Waals surface area contributed by atoms with Crippen LogP contribution in [0, 0.1) is 0 Å². The average Bonchev–Trinajstić information content (AvgIpc) is 3.00. The third-order valence-corrected chi connectivity index (χ3v) is 5.53. The Kier molecular flexibility index (Phi) is 22.6. The number of morpholine rings is 1. The van der Waals surface area contributed by atoms with Crippen LogP contribution in [0.1, 0.15) is 73.3 Å². The Bertz CT molecular complexity index is 970. The lowest BCUT2D eigenvalue weighted by Crippen LogP contribution is -2.45. The number of aliphatic imine (C=N–C) groups is 2. The fraction of sp³-hybridized carbons (Fsp3) is 0.515. The third kappa shape index (κ3) is 16.6. The minimum Gasteiger partial charge on any atom is -0.495 e. The molecule has 2 heterocycles. The molecule has 1 saturated heterocycles. The summed E-state index contributed by atoms with van der Waals surface area (Å²) in [6, 6.07) is 6.35. The monoisotopic (exact) mass is 571 g/mol. The van der Waals surface area contributed by atoms with Crippen LogP contribution in [0.25, 0.3) is 6.08 Å². The molecule has 41 heavy (non-hydrogen) atoms. The van der Waals surface area contributed by atoms with E-state index in [9.17, 15) is 4.39 Å². The zero-order chi connectivity index (χ0) is 30.9. The van der Waals surface area contributed by atoms with Gasteiger partial charge in [0.05, 0.1) is 37.5 Å². The largest absolute Gasteiger partial charge is 0.495 e. The summed E-state index contributed by atoms with van der Waals surface area (Å²) in [6.45, 7) is 21.1. The second-order valence-electron chi connectivity index (χ2n) is 8.72. The van der Waals surface area contributed by atoms with Crippen LogP contribution in [0.2, 0.25) is 0 Å². The molecule has 1 aromatic carbocycles. The Hall–Kier alpha value is -3.23. The van der Waals surface area contributed by atoms with Crippen LogP contribution in [0.15, 0.2) is 70.3 Å². The molecule has 0 spiro atoms. The smallest absolute Gasteiger partial charge is 0.143 e. The number of benzene rings is 1. The molecule has 3 rings (SSSR count). The normalized spacial score (nSPS) is 17.5. The maximum absolute atomic E-state index is 11.8. The molecule has 0 saturated carbocycles. The van der Waals surface area contributed by atoms with Gasteiger partial charge in [0, 0.05) is 25.8 Å². The fourth-order valence-electron chi connectivity index (χ4n) is 3.55. The van der Waals surface area contributed by atoms with Crippen molar-refractivity contribution >= 4 is 24.8 Å². The molecule has 1 aromatic rings. The topological polar surface area (TPSA) is 61.7 Å². The van der Waals surface area contributed by atoms with E-state index >= 15 is 0 Å². The van der Waals surface area contributed by atoms with Gasteiger partial charge in [-0.3, -0.25) is 10.4 Å². The Morgan fingerprint density at radius 3 is 2.63 bits per heavy atom. The molecular formula is C33H54FN5O2. The second kappa shape index (κ2) is 24.6. The van der Waals surface area contributed by atoms with Gasteiger partial charge in [-0.15, -0.1) is 0 Å². The number of halogens is 1. The highest BCUT2D eigenvalue weighted by Crippen LogP contribution is 2.31. The van der Waals surface area contributed by atoms with Crippen molar-refractivity contribution in [3.05, 3.63) is 65.9 Å². The van der Waals surface area contributed by atoms with Crippen LogP contribution in [-0.4, -0.2) is 64.0 Å². The summed E-state index contributed by atoms with van der Waals surface area (Å²) >= 11 is 0. The number of ether oxygens (including phenoxy) is 2. The maximum atomic E-state index is 11.8. The van der Waals surface area contributed by atoms with Crippen molar-refractivity contribution in [2.75, 3.05) is 44.8 Å². The fourth-order valence-corrected chi connectivity index (χ4v) is 3.55. The van der Waals surface area contributed by atoms with Crippen molar-refractivity contribution in [3.8, 4) is 5.75 Å². The van der Waals surface area contributed by atoms with Crippen LogP contribution >= 0.6 is 0 Å². The van der Waals surface area contributed by atoms with Crippen LogP contribution < -0.4 is 15.1 Å². The summed E-state index contributed by atoms with van der Waals surface area (Å²) in [5.41, 5.74) is 5.48. The van der Waals surface area contributed by atoms with E-state index < -0.39 is 0 Å². The van der Waals surface area contributed by atoms with E-state index in [0.717, 1.165) is 68.2 Å². The van der Waals surface area contributed by atoms with E-state index in [0.29, 0.717) is 6.61 Å². The quantitative estimate of drug-likeness (QED) is 0.166. The Balaban J connectivity index is 0.00000114. The predicted molar refractivity (Wildman–Crippen MR) is 177 cm³/mol. The van der Waals surface area contributed by atoms with Crippen molar-refractivity contribution in [1.29, 1.82) is 0 Å². The molecular weight excluding hydrogens is 517 g/mol. The number of nitrogens with zero attached hydrogens (tertiary/aromatic N) is 4. The van der Waals surface area contributed by atoms with Crippen LogP contribution in [0.5, 0.6) is 5.75 Å². The van der Waals surface area contributed by atoms with Gasteiger partial charge in [0.15, 0.2) is 0 Å². The SMILES string of the molecule is C=NCCCCNN1CCO/C(=C\c2ccc(N3C=CC(C)N=C3)c(OC)c2)C1.CC.CC.CC/C=C\C=C(/C)F. The number of rotatable bonds is 11. The Labute approximate surface area is 249 Å². The van der Waals surface area contributed by atoms with Gasteiger partial charge >= 0.3 is 0 Å². The molecule has 0 radical (unpaired) electrons. The number of unbranched alkanes of at least 4 members (excludes halogenated alkanes) is 1. The van der Waals surface area contributed by atoms with Gasteiger partial charge in [-0.05, 0) is 75.8 Å². The van der Waals surface area contributed by atoms with E-state index in [2.05, 4.69) is 52.3 Å². The van der Waals surface area contributed by atoms with Gasteiger partial charge in [0.2, 0.25) is 0 Å².